The summed E-state index contributed by atoms with van der Waals surface area (Å²) in [4.78, 5) is 9.43. The number of benzene rings is 1. The monoisotopic (exact) mass is 306 g/mol. The largest absolute Gasteiger partial charge is 0.222 e. The van der Waals surface area contributed by atoms with Crippen LogP contribution in [0.3, 0.4) is 0 Å². The third-order valence-corrected chi connectivity index (χ3v) is 5.02. The minimum Gasteiger partial charge on any atom is -0.222 e. The van der Waals surface area contributed by atoms with Gasteiger partial charge in [-0.15, -0.1) is 11.8 Å². The van der Waals surface area contributed by atoms with Gasteiger partial charge in [0, 0.05) is 11.1 Å². The van der Waals surface area contributed by atoms with Gasteiger partial charge < -0.3 is 0 Å². The molecule has 108 valence electrons. The molecule has 2 aromatic rings. The average Bonchev–Trinajstić information content (AvgIpc) is 2.48. The van der Waals surface area contributed by atoms with Crippen molar-refractivity contribution in [3.05, 3.63) is 24.3 Å². The summed E-state index contributed by atoms with van der Waals surface area (Å²) in [6.45, 7) is 4.44. The van der Waals surface area contributed by atoms with E-state index in [1.54, 1.807) is 11.8 Å². The van der Waals surface area contributed by atoms with Crippen molar-refractivity contribution in [3.63, 3.8) is 0 Å². The van der Waals surface area contributed by atoms with Gasteiger partial charge in [0.15, 0.2) is 5.16 Å². The summed E-state index contributed by atoms with van der Waals surface area (Å²) in [5.74, 6) is 2.24. The van der Waals surface area contributed by atoms with Gasteiger partial charge in [-0.25, -0.2) is 9.97 Å². The standard InChI is InChI=1S/C16H22N2S2/c1-3-5-11-19-15-13-9-7-8-10-14(13)17-16(18-15)20-12-6-4-2/h7-10H,3-6,11-12H2,1-2H3. The van der Waals surface area contributed by atoms with E-state index in [0.717, 1.165) is 27.2 Å². The third kappa shape index (κ3) is 4.38. The second kappa shape index (κ2) is 8.53. The molecule has 0 unspecified atom stereocenters. The summed E-state index contributed by atoms with van der Waals surface area (Å²) in [7, 11) is 0. The predicted molar refractivity (Wildman–Crippen MR) is 90.8 cm³/mol. The zero-order chi connectivity index (χ0) is 14.2. The van der Waals surface area contributed by atoms with Crippen LogP contribution in [0, 0.1) is 0 Å². The van der Waals surface area contributed by atoms with Crippen LogP contribution in [0.5, 0.6) is 0 Å². The zero-order valence-corrected chi connectivity index (χ0v) is 13.9. The molecule has 0 atom stereocenters. The summed E-state index contributed by atoms with van der Waals surface area (Å²) in [5.41, 5.74) is 1.07. The molecule has 0 fully saturated rings. The number of nitrogens with zero attached hydrogens (tertiary/aromatic N) is 2. The lowest BCUT2D eigenvalue weighted by Crippen LogP contribution is -1.94. The molecule has 20 heavy (non-hydrogen) atoms. The minimum absolute atomic E-state index is 0.927. The van der Waals surface area contributed by atoms with Crippen LogP contribution in [-0.4, -0.2) is 21.5 Å². The number of rotatable bonds is 8. The van der Waals surface area contributed by atoms with Gasteiger partial charge in [0.25, 0.3) is 0 Å². The molecule has 0 spiro atoms. The van der Waals surface area contributed by atoms with E-state index in [1.165, 1.54) is 31.1 Å². The van der Waals surface area contributed by atoms with Crippen LogP contribution >= 0.6 is 23.5 Å². The smallest absolute Gasteiger partial charge is 0.189 e. The summed E-state index contributed by atoms with van der Waals surface area (Å²) in [6.07, 6.45) is 4.91. The first-order valence-electron chi connectivity index (χ1n) is 7.37. The van der Waals surface area contributed by atoms with Crippen molar-refractivity contribution in [2.45, 2.75) is 49.7 Å². The minimum atomic E-state index is 0.927. The van der Waals surface area contributed by atoms with E-state index < -0.39 is 0 Å². The average molecular weight is 306 g/mol. The van der Waals surface area contributed by atoms with Crippen LogP contribution < -0.4 is 0 Å². The lowest BCUT2D eigenvalue weighted by Gasteiger charge is -2.07. The highest BCUT2D eigenvalue weighted by molar-refractivity contribution is 7.99. The Labute approximate surface area is 130 Å². The van der Waals surface area contributed by atoms with Gasteiger partial charge in [0.05, 0.1) is 5.52 Å². The number of para-hydroxylation sites is 1. The summed E-state index contributed by atoms with van der Waals surface area (Å²) >= 11 is 3.64. The second-order valence-electron chi connectivity index (χ2n) is 4.73. The van der Waals surface area contributed by atoms with Gasteiger partial charge in [-0.1, -0.05) is 56.7 Å². The number of aromatic nitrogens is 2. The predicted octanol–water partition coefficient (Wildman–Crippen LogP) is 5.41. The maximum atomic E-state index is 4.76. The Hall–Kier alpha value is -0.740. The highest BCUT2D eigenvalue weighted by Gasteiger charge is 2.08. The van der Waals surface area contributed by atoms with Crippen molar-refractivity contribution in [1.29, 1.82) is 0 Å². The highest BCUT2D eigenvalue weighted by atomic mass is 32.2. The van der Waals surface area contributed by atoms with E-state index in [-0.39, 0.29) is 0 Å². The van der Waals surface area contributed by atoms with Crippen LogP contribution in [0.15, 0.2) is 34.4 Å². The van der Waals surface area contributed by atoms with Crippen molar-refractivity contribution in [2.75, 3.05) is 11.5 Å². The Balaban J connectivity index is 2.21. The fourth-order valence-electron chi connectivity index (χ4n) is 1.82. The highest BCUT2D eigenvalue weighted by Crippen LogP contribution is 2.28. The number of hydrogen-bond donors (Lipinski definition) is 0. The summed E-state index contributed by atoms with van der Waals surface area (Å²) in [5, 5.41) is 3.26. The van der Waals surface area contributed by atoms with E-state index in [9.17, 15) is 0 Å². The first kappa shape index (κ1) is 15.6. The molecule has 0 aliphatic rings. The summed E-state index contributed by atoms with van der Waals surface area (Å²) in [6, 6.07) is 8.34. The molecule has 0 N–H and O–H groups in total. The maximum absolute atomic E-state index is 4.76. The molecule has 0 bridgehead atoms. The Kier molecular flexibility index (Phi) is 6.67. The van der Waals surface area contributed by atoms with E-state index >= 15 is 0 Å². The zero-order valence-electron chi connectivity index (χ0n) is 12.3. The molecule has 0 saturated heterocycles. The van der Waals surface area contributed by atoms with Gasteiger partial charge in [-0.3, -0.25) is 0 Å². The van der Waals surface area contributed by atoms with Gasteiger partial charge in [0.2, 0.25) is 0 Å². The molecule has 1 aromatic carbocycles. The SMILES string of the molecule is CCCCSc1nc(SCCCC)c2ccccc2n1. The van der Waals surface area contributed by atoms with Crippen LogP contribution in [0.2, 0.25) is 0 Å². The molecule has 0 radical (unpaired) electrons. The fourth-order valence-corrected chi connectivity index (χ4v) is 3.92. The molecular formula is C16H22N2S2. The van der Waals surface area contributed by atoms with Crippen molar-refractivity contribution >= 4 is 34.4 Å². The molecular weight excluding hydrogens is 284 g/mol. The van der Waals surface area contributed by atoms with Crippen molar-refractivity contribution in [1.82, 2.24) is 9.97 Å². The van der Waals surface area contributed by atoms with Crippen molar-refractivity contribution in [3.8, 4) is 0 Å². The Morgan fingerprint density at radius 3 is 2.35 bits per heavy atom. The van der Waals surface area contributed by atoms with Crippen LogP contribution in [-0.2, 0) is 0 Å². The fraction of sp³-hybridized carbons (Fsp3) is 0.500. The van der Waals surface area contributed by atoms with Gasteiger partial charge in [-0.2, -0.15) is 0 Å². The maximum Gasteiger partial charge on any atom is 0.189 e. The molecule has 0 aliphatic heterocycles. The van der Waals surface area contributed by atoms with Crippen LogP contribution in [0.25, 0.3) is 10.9 Å². The third-order valence-electron chi connectivity index (χ3n) is 3.01. The molecule has 2 nitrogen and oxygen atoms in total. The van der Waals surface area contributed by atoms with Crippen LogP contribution in [0.4, 0.5) is 0 Å². The number of thioether (sulfide) groups is 2. The first-order chi connectivity index (χ1) is 9.85. The Morgan fingerprint density at radius 1 is 0.900 bits per heavy atom. The molecule has 2 rings (SSSR count). The van der Waals surface area contributed by atoms with Crippen molar-refractivity contribution in [2.24, 2.45) is 0 Å². The molecule has 0 aliphatic carbocycles. The van der Waals surface area contributed by atoms with E-state index in [1.807, 2.05) is 11.8 Å². The quantitative estimate of drug-likeness (QED) is 0.282. The molecule has 0 saturated carbocycles. The van der Waals surface area contributed by atoms with E-state index in [4.69, 9.17) is 4.98 Å². The van der Waals surface area contributed by atoms with E-state index in [0.29, 0.717) is 0 Å². The van der Waals surface area contributed by atoms with Gasteiger partial charge in [0.1, 0.15) is 5.03 Å². The number of fused-ring (bicyclic) bond motifs is 1. The molecule has 1 heterocycles. The Morgan fingerprint density at radius 2 is 1.60 bits per heavy atom. The van der Waals surface area contributed by atoms with E-state index in [2.05, 4.69) is 43.1 Å². The molecule has 4 heteroatoms. The van der Waals surface area contributed by atoms with Crippen molar-refractivity contribution < 1.29 is 0 Å². The lowest BCUT2D eigenvalue weighted by molar-refractivity contribution is 0.878. The first-order valence-corrected chi connectivity index (χ1v) is 9.34. The van der Waals surface area contributed by atoms with Gasteiger partial charge in [-0.05, 0) is 24.7 Å². The number of unbranched alkanes of at least 4 members (excludes halogenated alkanes) is 2. The topological polar surface area (TPSA) is 25.8 Å². The lowest BCUT2D eigenvalue weighted by atomic mass is 10.2. The van der Waals surface area contributed by atoms with Gasteiger partial charge >= 0.3 is 0 Å². The van der Waals surface area contributed by atoms with Crippen LogP contribution in [0.1, 0.15) is 39.5 Å². The molecule has 1 aromatic heterocycles. The number of hydrogen-bond acceptors (Lipinski definition) is 4. The normalized spacial score (nSPS) is 11.1. The summed E-state index contributed by atoms with van der Waals surface area (Å²) < 4.78 is 0. The second-order valence-corrected chi connectivity index (χ2v) is 6.88. The molecule has 0 amide bonds. The Bertz CT molecular complexity index is 543.